The minimum atomic E-state index is -0.367. The van der Waals surface area contributed by atoms with Crippen LogP contribution in [0, 0.1) is 5.41 Å². The Labute approximate surface area is 218 Å². The van der Waals surface area contributed by atoms with Gasteiger partial charge in [0.2, 0.25) is 5.82 Å². The van der Waals surface area contributed by atoms with Crippen molar-refractivity contribution >= 4 is 16.8 Å². The molecule has 11 heteroatoms. The van der Waals surface area contributed by atoms with E-state index in [1.54, 1.807) is 0 Å². The molecule has 38 heavy (non-hydrogen) atoms. The molecule has 0 radical (unpaired) electrons. The van der Waals surface area contributed by atoms with Crippen LogP contribution in [-0.2, 0) is 17.8 Å². The molecular weight excluding hydrogens is 484 g/mol. The molecule has 0 amide bonds. The minimum absolute atomic E-state index is 0.0809. The number of aromatic nitrogens is 8. The van der Waals surface area contributed by atoms with Gasteiger partial charge in [0, 0.05) is 18.5 Å². The van der Waals surface area contributed by atoms with E-state index in [0.717, 1.165) is 28.1 Å². The number of hydrogen-bond acceptors (Lipinski definition) is 8. The normalized spacial score (nSPS) is 11.7. The standard InChI is InChI=1S/C27H28N8O3/c1-16(36)15-38-26-22-23(25(37)31-32-26)35(21(28-22)13-27(2,3)4)14-17-9-11-18(12-10-17)19-7-5-6-8-20(19)24-29-33-34-30-24/h5-12H,13-15H2,1-4H3,(H,31,37)(H,29,30,33,34). The van der Waals surface area contributed by atoms with E-state index >= 15 is 0 Å². The van der Waals surface area contributed by atoms with Gasteiger partial charge < -0.3 is 9.30 Å². The quantitative estimate of drug-likeness (QED) is 0.321. The van der Waals surface area contributed by atoms with Crippen molar-refractivity contribution in [3.63, 3.8) is 0 Å². The second kappa shape index (κ2) is 10.0. The van der Waals surface area contributed by atoms with Gasteiger partial charge in [0.1, 0.15) is 17.9 Å². The van der Waals surface area contributed by atoms with Crippen molar-refractivity contribution < 1.29 is 9.53 Å². The summed E-state index contributed by atoms with van der Waals surface area (Å²) in [5.74, 6) is 1.25. The number of rotatable bonds is 8. The predicted octanol–water partition coefficient (Wildman–Crippen LogP) is 3.57. The van der Waals surface area contributed by atoms with Gasteiger partial charge in [0.15, 0.2) is 11.3 Å². The number of carbonyl (C=O) groups excluding carboxylic acids is 1. The molecule has 0 bridgehead atoms. The maximum atomic E-state index is 12.9. The molecule has 0 fully saturated rings. The summed E-state index contributed by atoms with van der Waals surface area (Å²) >= 11 is 0. The van der Waals surface area contributed by atoms with E-state index < -0.39 is 0 Å². The molecule has 0 atom stereocenters. The van der Waals surface area contributed by atoms with Crippen LogP contribution < -0.4 is 10.3 Å². The maximum Gasteiger partial charge on any atom is 0.290 e. The number of H-pyrrole nitrogens is 2. The minimum Gasteiger partial charge on any atom is -0.467 e. The van der Waals surface area contributed by atoms with Gasteiger partial charge in [0.05, 0.1) is 0 Å². The zero-order valence-corrected chi connectivity index (χ0v) is 21.6. The van der Waals surface area contributed by atoms with E-state index in [1.807, 2.05) is 53.1 Å². The number of aromatic amines is 2. The molecule has 0 aliphatic heterocycles. The van der Waals surface area contributed by atoms with Crippen molar-refractivity contribution in [2.75, 3.05) is 6.61 Å². The van der Waals surface area contributed by atoms with Crippen LogP contribution in [0.25, 0.3) is 33.5 Å². The van der Waals surface area contributed by atoms with E-state index in [9.17, 15) is 9.59 Å². The molecule has 0 spiro atoms. The molecule has 0 saturated carbocycles. The molecule has 5 rings (SSSR count). The van der Waals surface area contributed by atoms with E-state index in [-0.39, 0.29) is 29.2 Å². The summed E-state index contributed by atoms with van der Waals surface area (Å²) in [6, 6.07) is 16.0. The summed E-state index contributed by atoms with van der Waals surface area (Å²) in [7, 11) is 0. The molecule has 3 heterocycles. The highest BCUT2D eigenvalue weighted by atomic mass is 16.5. The summed E-state index contributed by atoms with van der Waals surface area (Å²) in [4.78, 5) is 29.2. The highest BCUT2D eigenvalue weighted by Crippen LogP contribution is 2.31. The lowest BCUT2D eigenvalue weighted by Crippen LogP contribution is -2.18. The summed E-state index contributed by atoms with van der Waals surface area (Å²) in [5, 5.41) is 20.9. The third-order valence-electron chi connectivity index (χ3n) is 5.94. The second-order valence-electron chi connectivity index (χ2n) is 10.4. The van der Waals surface area contributed by atoms with E-state index in [2.05, 4.69) is 51.6 Å². The molecule has 0 aliphatic rings. The largest absolute Gasteiger partial charge is 0.467 e. The number of nitrogens with zero attached hydrogens (tertiary/aromatic N) is 6. The number of nitrogens with one attached hydrogen (secondary N) is 2. The van der Waals surface area contributed by atoms with Crippen LogP contribution in [0.1, 0.15) is 39.1 Å². The first-order valence-electron chi connectivity index (χ1n) is 12.2. The number of carbonyl (C=O) groups is 1. The van der Waals surface area contributed by atoms with Crippen LogP contribution in [0.3, 0.4) is 0 Å². The third-order valence-corrected chi connectivity index (χ3v) is 5.94. The first kappa shape index (κ1) is 25.0. The van der Waals surface area contributed by atoms with Gasteiger partial charge in [-0.15, -0.1) is 15.3 Å². The Morgan fingerprint density at radius 2 is 1.76 bits per heavy atom. The molecule has 0 aliphatic carbocycles. The number of ether oxygens (including phenoxy) is 1. The number of tetrazole rings is 1. The number of imidazole rings is 1. The highest BCUT2D eigenvalue weighted by Gasteiger charge is 2.23. The summed E-state index contributed by atoms with van der Waals surface area (Å²) < 4.78 is 7.47. The Kier molecular flexibility index (Phi) is 6.58. The number of ketones is 1. The van der Waals surface area contributed by atoms with Crippen molar-refractivity contribution in [3.05, 3.63) is 70.3 Å². The zero-order valence-electron chi connectivity index (χ0n) is 21.6. The highest BCUT2D eigenvalue weighted by molar-refractivity contribution is 5.82. The topological polar surface area (TPSA) is 144 Å². The van der Waals surface area contributed by atoms with Crippen molar-refractivity contribution in [1.29, 1.82) is 0 Å². The van der Waals surface area contributed by atoms with Gasteiger partial charge in [-0.2, -0.15) is 5.21 Å². The fourth-order valence-electron chi connectivity index (χ4n) is 4.31. The van der Waals surface area contributed by atoms with E-state index in [4.69, 9.17) is 9.72 Å². The lowest BCUT2D eigenvalue weighted by atomic mass is 9.92. The summed E-state index contributed by atoms with van der Waals surface area (Å²) in [6.07, 6.45) is 0.628. The Balaban J connectivity index is 1.53. The van der Waals surface area contributed by atoms with Gasteiger partial charge in [-0.1, -0.05) is 69.3 Å². The van der Waals surface area contributed by atoms with E-state index in [1.165, 1.54) is 6.92 Å². The fourth-order valence-corrected chi connectivity index (χ4v) is 4.31. The van der Waals surface area contributed by atoms with Gasteiger partial charge in [-0.05, 0) is 34.2 Å². The molecule has 0 unspecified atom stereocenters. The smallest absolute Gasteiger partial charge is 0.290 e. The Morgan fingerprint density at radius 3 is 2.42 bits per heavy atom. The molecule has 11 nitrogen and oxygen atoms in total. The zero-order chi connectivity index (χ0) is 26.9. The molecular formula is C27H28N8O3. The summed E-state index contributed by atoms with van der Waals surface area (Å²) in [5.41, 5.74) is 4.11. The Hall–Kier alpha value is -4.67. The van der Waals surface area contributed by atoms with Crippen molar-refractivity contribution in [2.45, 2.75) is 40.7 Å². The number of fused-ring (bicyclic) bond motifs is 1. The Morgan fingerprint density at radius 1 is 1.03 bits per heavy atom. The maximum absolute atomic E-state index is 12.9. The van der Waals surface area contributed by atoms with Crippen molar-refractivity contribution in [3.8, 4) is 28.4 Å². The second-order valence-corrected chi connectivity index (χ2v) is 10.4. The average Bonchev–Trinajstić information content (AvgIpc) is 3.53. The monoisotopic (exact) mass is 512 g/mol. The molecule has 5 aromatic rings. The summed E-state index contributed by atoms with van der Waals surface area (Å²) in [6.45, 7) is 8.04. The average molecular weight is 513 g/mol. The number of benzene rings is 2. The molecule has 0 saturated heterocycles. The lowest BCUT2D eigenvalue weighted by molar-refractivity contribution is -0.118. The third kappa shape index (κ3) is 5.22. The molecule has 194 valence electrons. The van der Waals surface area contributed by atoms with Crippen LogP contribution >= 0.6 is 0 Å². The van der Waals surface area contributed by atoms with E-state index in [0.29, 0.717) is 29.8 Å². The van der Waals surface area contributed by atoms with Gasteiger partial charge in [0.25, 0.3) is 11.4 Å². The number of Topliss-reactive ketones (excluding diaryl/α,β-unsaturated/α-hetero) is 1. The van der Waals surface area contributed by atoms with Gasteiger partial charge >= 0.3 is 0 Å². The number of hydrogen-bond donors (Lipinski definition) is 2. The molecule has 2 N–H and O–H groups in total. The first-order chi connectivity index (χ1) is 18.2. The van der Waals surface area contributed by atoms with Crippen LogP contribution in [0.4, 0.5) is 0 Å². The molecule has 2 aromatic carbocycles. The van der Waals surface area contributed by atoms with Gasteiger partial charge in [-0.3, -0.25) is 9.59 Å². The van der Waals surface area contributed by atoms with Crippen LogP contribution in [0.2, 0.25) is 0 Å². The fraction of sp³-hybridized carbons (Fsp3) is 0.296. The Bertz CT molecular complexity index is 1640. The predicted molar refractivity (Wildman–Crippen MR) is 142 cm³/mol. The first-order valence-corrected chi connectivity index (χ1v) is 12.2. The van der Waals surface area contributed by atoms with Crippen molar-refractivity contribution in [1.82, 2.24) is 40.4 Å². The van der Waals surface area contributed by atoms with Crippen LogP contribution in [-0.4, -0.2) is 52.8 Å². The van der Waals surface area contributed by atoms with Gasteiger partial charge in [-0.25, -0.2) is 10.1 Å². The van der Waals surface area contributed by atoms with Crippen molar-refractivity contribution in [2.24, 2.45) is 5.41 Å². The van der Waals surface area contributed by atoms with Crippen LogP contribution in [0.15, 0.2) is 53.3 Å². The molecule has 3 aromatic heterocycles. The lowest BCUT2D eigenvalue weighted by Gasteiger charge is -2.19. The SMILES string of the molecule is CC(=O)COc1n[nH]c(=O)c2c1nc(CC(C)(C)C)n2Cc1ccc(-c2ccccc2-c2nn[nH]n2)cc1. The van der Waals surface area contributed by atoms with Crippen LogP contribution in [0.5, 0.6) is 5.88 Å².